The molecule has 1 amide bonds. The Morgan fingerprint density at radius 3 is 2.85 bits per heavy atom. The molecular weight excluding hydrogens is 330 g/mol. The summed E-state index contributed by atoms with van der Waals surface area (Å²) in [5.41, 5.74) is 3.69. The number of esters is 1. The van der Waals surface area contributed by atoms with E-state index in [9.17, 15) is 9.59 Å². The predicted octanol–water partition coefficient (Wildman–Crippen LogP) is 2.34. The number of nitrogens with zero attached hydrogens (tertiary/aromatic N) is 2. The number of carbonyl (C=O) groups excluding carboxylic acids is 2. The Bertz CT molecular complexity index is 886. The lowest BCUT2D eigenvalue weighted by Crippen LogP contribution is -2.37. The highest BCUT2D eigenvalue weighted by Gasteiger charge is 2.23. The molecule has 0 bridgehead atoms. The van der Waals surface area contributed by atoms with E-state index in [2.05, 4.69) is 5.32 Å². The molecule has 0 aliphatic carbocycles. The van der Waals surface area contributed by atoms with Gasteiger partial charge in [-0.15, -0.1) is 0 Å². The molecule has 0 aromatic heterocycles. The molecule has 132 valence electrons. The van der Waals surface area contributed by atoms with Crippen LogP contribution in [0.2, 0.25) is 0 Å². The fraction of sp³-hybridized carbons (Fsp3) is 0.250. The van der Waals surface area contributed by atoms with Crippen LogP contribution in [0.4, 0.5) is 5.69 Å². The minimum atomic E-state index is -0.360. The lowest BCUT2D eigenvalue weighted by Gasteiger charge is -2.29. The molecular formula is C20H19N3O3. The van der Waals surface area contributed by atoms with E-state index in [0.717, 1.165) is 24.1 Å². The quantitative estimate of drug-likeness (QED) is 0.857. The van der Waals surface area contributed by atoms with Crippen molar-refractivity contribution in [3.05, 3.63) is 64.7 Å². The van der Waals surface area contributed by atoms with Gasteiger partial charge in [-0.05, 0) is 41.8 Å². The molecule has 0 saturated carbocycles. The highest BCUT2D eigenvalue weighted by molar-refractivity contribution is 5.93. The van der Waals surface area contributed by atoms with Crippen molar-refractivity contribution in [2.75, 3.05) is 25.5 Å². The second kappa shape index (κ2) is 7.81. The van der Waals surface area contributed by atoms with Crippen LogP contribution in [0.25, 0.3) is 0 Å². The zero-order valence-corrected chi connectivity index (χ0v) is 14.5. The number of hydrogen-bond donors (Lipinski definition) is 1. The Labute approximate surface area is 152 Å². The van der Waals surface area contributed by atoms with Crippen LogP contribution in [0.5, 0.6) is 0 Å². The van der Waals surface area contributed by atoms with E-state index in [1.165, 1.54) is 7.11 Å². The third kappa shape index (κ3) is 3.90. The number of carbonyl (C=O) groups is 2. The maximum atomic E-state index is 12.3. The van der Waals surface area contributed by atoms with Crippen molar-refractivity contribution < 1.29 is 14.3 Å². The minimum Gasteiger partial charge on any atom is -0.465 e. The molecule has 2 aromatic carbocycles. The third-order valence-corrected chi connectivity index (χ3v) is 4.40. The summed E-state index contributed by atoms with van der Waals surface area (Å²) in [6.45, 7) is 1.47. The van der Waals surface area contributed by atoms with E-state index < -0.39 is 0 Å². The lowest BCUT2D eigenvalue weighted by atomic mass is 9.95. The summed E-state index contributed by atoms with van der Waals surface area (Å²) in [5, 5.41) is 11.7. The number of nitrogens with one attached hydrogen (secondary N) is 1. The summed E-state index contributed by atoms with van der Waals surface area (Å²) >= 11 is 0. The van der Waals surface area contributed by atoms with E-state index in [1.54, 1.807) is 30.3 Å². The highest BCUT2D eigenvalue weighted by atomic mass is 16.5. The largest absolute Gasteiger partial charge is 0.465 e. The fourth-order valence-corrected chi connectivity index (χ4v) is 3.14. The number of methoxy groups -OCH3 is 1. The summed E-state index contributed by atoms with van der Waals surface area (Å²) < 4.78 is 4.86. The first-order chi connectivity index (χ1) is 12.6. The Balaban J connectivity index is 1.68. The zero-order chi connectivity index (χ0) is 18.5. The van der Waals surface area contributed by atoms with Crippen LogP contribution in [0, 0.1) is 11.3 Å². The van der Waals surface area contributed by atoms with E-state index in [4.69, 9.17) is 10.00 Å². The molecule has 26 heavy (non-hydrogen) atoms. The standard InChI is InChI=1S/C20H19N3O3/c1-26-20(25)17-7-3-5-15-8-9-23(12-18(15)17)13-19(24)22-16-6-2-4-14(10-16)11-21/h2-7,10H,8-9,12-13H2,1H3,(H,22,24). The number of rotatable bonds is 4. The van der Waals surface area contributed by atoms with Crippen LogP contribution < -0.4 is 5.32 Å². The van der Waals surface area contributed by atoms with Crippen LogP contribution in [0.15, 0.2) is 42.5 Å². The number of benzene rings is 2. The summed E-state index contributed by atoms with van der Waals surface area (Å²) in [7, 11) is 1.37. The van der Waals surface area contributed by atoms with E-state index in [1.807, 2.05) is 23.1 Å². The zero-order valence-electron chi connectivity index (χ0n) is 14.5. The Morgan fingerprint density at radius 1 is 1.27 bits per heavy atom. The molecule has 0 spiro atoms. The van der Waals surface area contributed by atoms with Gasteiger partial charge in [0.25, 0.3) is 0 Å². The molecule has 1 aliphatic rings. The van der Waals surface area contributed by atoms with Crippen LogP contribution in [0.1, 0.15) is 27.0 Å². The molecule has 0 atom stereocenters. The first-order valence-corrected chi connectivity index (χ1v) is 8.32. The van der Waals surface area contributed by atoms with Crippen LogP contribution in [-0.4, -0.2) is 37.0 Å². The van der Waals surface area contributed by atoms with Crippen LogP contribution in [-0.2, 0) is 22.5 Å². The van der Waals surface area contributed by atoms with Crippen LogP contribution >= 0.6 is 0 Å². The first kappa shape index (κ1) is 17.6. The van der Waals surface area contributed by atoms with Gasteiger partial charge < -0.3 is 10.1 Å². The van der Waals surface area contributed by atoms with Crippen LogP contribution in [0.3, 0.4) is 0 Å². The van der Waals surface area contributed by atoms with Gasteiger partial charge in [0.15, 0.2) is 0 Å². The molecule has 6 nitrogen and oxygen atoms in total. The summed E-state index contributed by atoms with van der Waals surface area (Å²) in [5.74, 6) is -0.513. The van der Waals surface area contributed by atoms with Crippen molar-refractivity contribution in [2.24, 2.45) is 0 Å². The molecule has 0 radical (unpaired) electrons. The maximum absolute atomic E-state index is 12.3. The smallest absolute Gasteiger partial charge is 0.338 e. The first-order valence-electron chi connectivity index (χ1n) is 8.32. The van der Waals surface area contributed by atoms with Crippen molar-refractivity contribution in [2.45, 2.75) is 13.0 Å². The number of nitriles is 1. The lowest BCUT2D eigenvalue weighted by molar-refractivity contribution is -0.117. The molecule has 0 saturated heterocycles. The Hall–Kier alpha value is -3.17. The fourth-order valence-electron chi connectivity index (χ4n) is 3.14. The molecule has 2 aromatic rings. The molecule has 1 N–H and O–H groups in total. The minimum absolute atomic E-state index is 0.154. The molecule has 0 unspecified atom stereocenters. The maximum Gasteiger partial charge on any atom is 0.338 e. The van der Waals surface area contributed by atoms with Gasteiger partial charge in [0.2, 0.25) is 5.91 Å². The van der Waals surface area contributed by atoms with E-state index >= 15 is 0 Å². The molecule has 6 heteroatoms. The molecule has 0 fully saturated rings. The predicted molar refractivity (Wildman–Crippen MR) is 96.5 cm³/mol. The van der Waals surface area contributed by atoms with Gasteiger partial charge in [0.1, 0.15) is 0 Å². The SMILES string of the molecule is COC(=O)c1cccc2c1CN(CC(=O)Nc1cccc(C#N)c1)CC2. The number of anilines is 1. The molecule has 3 rings (SSSR count). The topological polar surface area (TPSA) is 82.4 Å². The van der Waals surface area contributed by atoms with E-state index in [0.29, 0.717) is 23.4 Å². The summed E-state index contributed by atoms with van der Waals surface area (Å²) in [4.78, 5) is 26.3. The van der Waals surface area contributed by atoms with Gasteiger partial charge in [0.05, 0.1) is 30.9 Å². The number of amides is 1. The van der Waals surface area contributed by atoms with Crippen molar-refractivity contribution >= 4 is 17.6 Å². The van der Waals surface area contributed by atoms with Gasteiger partial charge >= 0.3 is 5.97 Å². The number of hydrogen-bond acceptors (Lipinski definition) is 5. The molecule has 1 heterocycles. The van der Waals surface area contributed by atoms with E-state index in [-0.39, 0.29) is 18.4 Å². The molecule has 1 aliphatic heterocycles. The normalized spacial score (nSPS) is 13.4. The van der Waals surface area contributed by atoms with Crippen molar-refractivity contribution in [1.82, 2.24) is 4.90 Å². The average Bonchev–Trinajstić information content (AvgIpc) is 2.66. The number of ether oxygens (including phenoxy) is 1. The summed E-state index contributed by atoms with van der Waals surface area (Å²) in [6, 6.07) is 14.5. The highest BCUT2D eigenvalue weighted by Crippen LogP contribution is 2.23. The van der Waals surface area contributed by atoms with Crippen molar-refractivity contribution in [3.8, 4) is 6.07 Å². The Morgan fingerprint density at radius 2 is 2.08 bits per heavy atom. The second-order valence-corrected chi connectivity index (χ2v) is 6.14. The van der Waals surface area contributed by atoms with Crippen molar-refractivity contribution in [1.29, 1.82) is 5.26 Å². The second-order valence-electron chi connectivity index (χ2n) is 6.14. The van der Waals surface area contributed by atoms with Gasteiger partial charge in [-0.3, -0.25) is 9.69 Å². The average molecular weight is 349 g/mol. The monoisotopic (exact) mass is 349 g/mol. The van der Waals surface area contributed by atoms with Gasteiger partial charge in [-0.1, -0.05) is 18.2 Å². The Kier molecular flexibility index (Phi) is 5.30. The summed E-state index contributed by atoms with van der Waals surface area (Å²) in [6.07, 6.45) is 0.775. The van der Waals surface area contributed by atoms with Crippen molar-refractivity contribution in [3.63, 3.8) is 0 Å². The van der Waals surface area contributed by atoms with Gasteiger partial charge in [-0.25, -0.2) is 4.79 Å². The van der Waals surface area contributed by atoms with Gasteiger partial charge in [-0.2, -0.15) is 5.26 Å². The van der Waals surface area contributed by atoms with Gasteiger partial charge in [0, 0.05) is 18.8 Å². The number of fused-ring (bicyclic) bond motifs is 1. The third-order valence-electron chi connectivity index (χ3n) is 4.40.